The smallest absolute Gasteiger partial charge is 0.416 e. The van der Waals surface area contributed by atoms with E-state index in [0.29, 0.717) is 28.8 Å². The number of rotatable bonds is 6. The predicted molar refractivity (Wildman–Crippen MR) is 125 cm³/mol. The summed E-state index contributed by atoms with van der Waals surface area (Å²) in [7, 11) is 0. The molecule has 3 amide bonds. The molecule has 1 aliphatic carbocycles. The third-order valence-corrected chi connectivity index (χ3v) is 5.30. The minimum absolute atomic E-state index is 0.0448. The average Bonchev–Trinajstić information content (AvgIpc) is 3.61. The molecule has 36 heavy (non-hydrogen) atoms. The number of carbonyl (C=O) groups excluding carboxylic acids is 2. The number of amides is 3. The zero-order chi connectivity index (χ0) is 25.3. The number of halogens is 3. The Morgan fingerprint density at radius 3 is 2.14 bits per heavy atom. The molecular weight excluding hydrogens is 477 g/mol. The molecular formula is C24H19F3N6O3. The number of alkyl halides is 3. The Morgan fingerprint density at radius 1 is 0.889 bits per heavy atom. The van der Waals surface area contributed by atoms with Gasteiger partial charge in [-0.15, -0.1) is 5.10 Å². The van der Waals surface area contributed by atoms with E-state index in [1.165, 1.54) is 16.6 Å². The molecule has 0 bridgehead atoms. The van der Waals surface area contributed by atoms with Crippen molar-refractivity contribution in [3.63, 3.8) is 0 Å². The Morgan fingerprint density at radius 2 is 1.53 bits per heavy atom. The molecule has 3 N–H and O–H groups in total. The third-order valence-electron chi connectivity index (χ3n) is 5.30. The molecule has 12 heteroatoms. The zero-order valence-corrected chi connectivity index (χ0v) is 18.5. The van der Waals surface area contributed by atoms with Crippen molar-refractivity contribution in [2.75, 3.05) is 16.0 Å². The van der Waals surface area contributed by atoms with E-state index in [4.69, 9.17) is 4.74 Å². The van der Waals surface area contributed by atoms with Crippen LogP contribution in [0.4, 0.5) is 35.2 Å². The van der Waals surface area contributed by atoms with Gasteiger partial charge in [0.2, 0.25) is 11.8 Å². The fourth-order valence-corrected chi connectivity index (χ4v) is 3.32. The number of anilines is 3. The number of benzene rings is 2. The topological polar surface area (TPSA) is 110 Å². The fourth-order valence-electron chi connectivity index (χ4n) is 3.32. The lowest BCUT2D eigenvalue weighted by molar-refractivity contribution is -0.137. The number of aromatic nitrogens is 3. The van der Waals surface area contributed by atoms with Crippen LogP contribution in [0.3, 0.4) is 0 Å². The standard InChI is InChI=1S/C24H19F3N6O3/c25-24(26,27)15-3-5-16(6-4-15)28-23(35)29-17-7-9-18(10-8-17)36-21-12-11-20-30-19(13-33(20)32-21)31-22(34)14-1-2-14/h3-14H,1-2H2,(H,31,34)(H2,28,29,35). The van der Waals surface area contributed by atoms with Crippen molar-refractivity contribution < 1.29 is 27.5 Å². The highest BCUT2D eigenvalue weighted by atomic mass is 19.4. The number of nitrogens with one attached hydrogen (secondary N) is 3. The number of imidazole rings is 1. The van der Waals surface area contributed by atoms with E-state index in [1.54, 1.807) is 42.6 Å². The molecule has 9 nitrogen and oxygen atoms in total. The number of ether oxygens (including phenoxy) is 1. The number of carbonyl (C=O) groups is 2. The second-order valence-electron chi connectivity index (χ2n) is 8.14. The quantitative estimate of drug-likeness (QED) is 0.325. The first-order chi connectivity index (χ1) is 17.2. The van der Waals surface area contributed by atoms with E-state index >= 15 is 0 Å². The van der Waals surface area contributed by atoms with Crippen molar-refractivity contribution >= 4 is 34.8 Å². The van der Waals surface area contributed by atoms with Crippen molar-refractivity contribution in [3.8, 4) is 11.6 Å². The Labute approximate surface area is 202 Å². The molecule has 0 aliphatic heterocycles. The van der Waals surface area contributed by atoms with E-state index in [2.05, 4.69) is 26.0 Å². The van der Waals surface area contributed by atoms with Crippen LogP contribution < -0.4 is 20.7 Å². The Balaban J connectivity index is 1.17. The van der Waals surface area contributed by atoms with Crippen LogP contribution in [-0.4, -0.2) is 26.5 Å². The van der Waals surface area contributed by atoms with E-state index in [0.717, 1.165) is 25.0 Å². The molecule has 184 valence electrons. The summed E-state index contributed by atoms with van der Waals surface area (Å²) in [6.07, 6.45) is -1.05. The molecule has 1 aliphatic rings. The van der Waals surface area contributed by atoms with Gasteiger partial charge in [-0.05, 0) is 67.4 Å². The maximum Gasteiger partial charge on any atom is 0.416 e. The highest BCUT2D eigenvalue weighted by Gasteiger charge is 2.30. The van der Waals surface area contributed by atoms with Crippen LogP contribution in [0.5, 0.6) is 11.6 Å². The Kier molecular flexibility index (Phi) is 5.92. The summed E-state index contributed by atoms with van der Waals surface area (Å²) in [6, 6.07) is 13.3. The first-order valence-corrected chi connectivity index (χ1v) is 10.9. The zero-order valence-electron chi connectivity index (χ0n) is 18.5. The van der Waals surface area contributed by atoms with Gasteiger partial charge in [0, 0.05) is 23.4 Å². The summed E-state index contributed by atoms with van der Waals surface area (Å²) in [5, 5.41) is 12.2. The van der Waals surface area contributed by atoms with Gasteiger partial charge in [-0.3, -0.25) is 4.79 Å². The lowest BCUT2D eigenvalue weighted by Gasteiger charge is -2.10. The second-order valence-corrected chi connectivity index (χ2v) is 8.14. The maximum absolute atomic E-state index is 12.6. The minimum Gasteiger partial charge on any atom is -0.438 e. The molecule has 0 spiro atoms. The highest BCUT2D eigenvalue weighted by molar-refractivity contribution is 5.99. The summed E-state index contributed by atoms with van der Waals surface area (Å²) >= 11 is 0. The van der Waals surface area contributed by atoms with Crippen LogP contribution in [0.1, 0.15) is 18.4 Å². The van der Waals surface area contributed by atoms with Crippen LogP contribution in [0.25, 0.3) is 5.65 Å². The monoisotopic (exact) mass is 496 g/mol. The SMILES string of the molecule is O=C(Nc1ccc(Oc2ccc3nc(NC(=O)C4CC4)cn3n2)cc1)Nc1ccc(C(F)(F)F)cc1. The highest BCUT2D eigenvalue weighted by Crippen LogP contribution is 2.31. The summed E-state index contributed by atoms with van der Waals surface area (Å²) in [5.74, 6) is 1.19. The van der Waals surface area contributed by atoms with E-state index in [-0.39, 0.29) is 17.5 Å². The van der Waals surface area contributed by atoms with Crippen LogP contribution in [0.15, 0.2) is 66.9 Å². The van der Waals surface area contributed by atoms with Crippen LogP contribution in [0.2, 0.25) is 0 Å². The molecule has 2 aromatic carbocycles. The van der Waals surface area contributed by atoms with Crippen molar-refractivity contribution in [2.24, 2.45) is 5.92 Å². The molecule has 5 rings (SSSR count). The molecule has 0 unspecified atom stereocenters. The average molecular weight is 496 g/mol. The van der Waals surface area contributed by atoms with Gasteiger partial charge < -0.3 is 20.7 Å². The van der Waals surface area contributed by atoms with E-state index in [1.807, 2.05) is 0 Å². The summed E-state index contributed by atoms with van der Waals surface area (Å²) in [4.78, 5) is 28.4. The third kappa shape index (κ3) is 5.54. The van der Waals surface area contributed by atoms with Crippen LogP contribution >= 0.6 is 0 Å². The molecule has 0 radical (unpaired) electrons. The van der Waals surface area contributed by atoms with Gasteiger partial charge in [-0.25, -0.2) is 14.3 Å². The normalized spacial score (nSPS) is 13.3. The molecule has 2 aromatic heterocycles. The van der Waals surface area contributed by atoms with Crippen LogP contribution in [0, 0.1) is 5.92 Å². The van der Waals surface area contributed by atoms with Crippen molar-refractivity contribution in [2.45, 2.75) is 19.0 Å². The largest absolute Gasteiger partial charge is 0.438 e. The van der Waals surface area contributed by atoms with Crippen molar-refractivity contribution in [1.82, 2.24) is 14.6 Å². The predicted octanol–water partition coefficient (Wildman–Crippen LogP) is 5.53. The van der Waals surface area contributed by atoms with E-state index in [9.17, 15) is 22.8 Å². The molecule has 2 heterocycles. The number of urea groups is 1. The fraction of sp³-hybridized carbons (Fsp3) is 0.167. The summed E-state index contributed by atoms with van der Waals surface area (Å²) in [5.41, 5.74) is 0.413. The summed E-state index contributed by atoms with van der Waals surface area (Å²) in [6.45, 7) is 0. The van der Waals surface area contributed by atoms with Gasteiger partial charge in [0.15, 0.2) is 11.5 Å². The van der Waals surface area contributed by atoms with Gasteiger partial charge >= 0.3 is 12.2 Å². The molecule has 4 aromatic rings. The van der Waals surface area contributed by atoms with Crippen molar-refractivity contribution in [3.05, 3.63) is 72.4 Å². The lowest BCUT2D eigenvalue weighted by Crippen LogP contribution is -2.19. The lowest BCUT2D eigenvalue weighted by atomic mass is 10.2. The first-order valence-electron chi connectivity index (χ1n) is 10.9. The van der Waals surface area contributed by atoms with Crippen molar-refractivity contribution in [1.29, 1.82) is 0 Å². The molecule has 1 fully saturated rings. The number of nitrogens with zero attached hydrogens (tertiary/aromatic N) is 3. The van der Waals surface area contributed by atoms with Gasteiger partial charge in [-0.2, -0.15) is 13.2 Å². The number of hydrogen-bond donors (Lipinski definition) is 3. The van der Waals surface area contributed by atoms with Gasteiger partial charge in [0.25, 0.3) is 0 Å². The number of hydrogen-bond acceptors (Lipinski definition) is 5. The van der Waals surface area contributed by atoms with E-state index < -0.39 is 17.8 Å². The maximum atomic E-state index is 12.6. The molecule has 0 saturated heterocycles. The summed E-state index contributed by atoms with van der Waals surface area (Å²) < 4.78 is 45.2. The van der Waals surface area contributed by atoms with Gasteiger partial charge in [0.1, 0.15) is 5.75 Å². The van der Waals surface area contributed by atoms with Gasteiger partial charge in [-0.1, -0.05) is 0 Å². The Bertz CT molecular complexity index is 1410. The van der Waals surface area contributed by atoms with Crippen LogP contribution in [-0.2, 0) is 11.0 Å². The molecule has 0 atom stereocenters. The number of fused-ring (bicyclic) bond motifs is 1. The minimum atomic E-state index is -4.44. The Hall–Kier alpha value is -4.61. The molecule has 1 saturated carbocycles. The first kappa shape index (κ1) is 23.1. The van der Waals surface area contributed by atoms with Gasteiger partial charge in [0.05, 0.1) is 11.8 Å². The second kappa shape index (κ2) is 9.21.